The van der Waals surface area contributed by atoms with Crippen LogP contribution in [-0.2, 0) is 16.0 Å². The molecule has 0 radical (unpaired) electrons. The molecule has 148 valence electrons. The summed E-state index contributed by atoms with van der Waals surface area (Å²) in [5, 5.41) is 3.19. The van der Waals surface area contributed by atoms with Crippen molar-refractivity contribution in [2.45, 2.75) is 16.3 Å². The third-order valence-electron chi connectivity index (χ3n) is 3.93. The number of esters is 1. The van der Waals surface area contributed by atoms with E-state index in [-0.39, 0.29) is 12.4 Å². The van der Waals surface area contributed by atoms with E-state index in [0.29, 0.717) is 23.6 Å². The summed E-state index contributed by atoms with van der Waals surface area (Å²) in [7, 11) is 0. The lowest BCUT2D eigenvalue weighted by molar-refractivity contribution is -0.124. The third kappa shape index (κ3) is 6.43. The number of hydrogen-bond acceptors (Lipinski definition) is 5. The summed E-state index contributed by atoms with van der Waals surface area (Å²) in [5.41, 5.74) is 1.21. The number of carbonyl (C=O) groups excluding carboxylic acids is 2. The van der Waals surface area contributed by atoms with Crippen molar-refractivity contribution in [3.8, 4) is 0 Å². The van der Waals surface area contributed by atoms with Gasteiger partial charge in [0.05, 0.1) is 5.56 Å². The number of hydrogen-bond donors (Lipinski definition) is 1. The van der Waals surface area contributed by atoms with Gasteiger partial charge in [0, 0.05) is 17.6 Å². The first-order valence-corrected chi connectivity index (χ1v) is 9.79. The standard InChI is InChI=1S/C22H19FN2O3S/c23-17-10-8-16(9-11-17)12-14-24-20(26)15-28-22(27)19-7-4-13-25-21(19)29-18-5-2-1-3-6-18/h1-11,13H,12,14-15H2,(H,24,26). The molecular weight excluding hydrogens is 391 g/mol. The van der Waals surface area contributed by atoms with E-state index in [1.807, 2.05) is 30.3 Å². The molecule has 0 unspecified atom stereocenters. The van der Waals surface area contributed by atoms with E-state index >= 15 is 0 Å². The topological polar surface area (TPSA) is 68.3 Å². The smallest absolute Gasteiger partial charge is 0.341 e. The number of nitrogens with zero attached hydrogens (tertiary/aromatic N) is 1. The molecule has 2 aromatic carbocycles. The second-order valence-electron chi connectivity index (χ2n) is 6.07. The normalized spacial score (nSPS) is 10.4. The van der Waals surface area contributed by atoms with Gasteiger partial charge in [0.1, 0.15) is 10.8 Å². The number of nitrogens with one attached hydrogen (secondary N) is 1. The molecule has 29 heavy (non-hydrogen) atoms. The van der Waals surface area contributed by atoms with E-state index in [1.54, 1.807) is 30.5 Å². The molecule has 1 amide bonds. The maximum Gasteiger partial charge on any atom is 0.341 e. The molecule has 0 saturated heterocycles. The molecule has 1 heterocycles. The minimum atomic E-state index is -0.606. The SMILES string of the molecule is O=C(COC(=O)c1cccnc1Sc1ccccc1)NCCc1ccc(F)cc1. The molecule has 0 aliphatic rings. The fourth-order valence-corrected chi connectivity index (χ4v) is 3.38. The Morgan fingerprint density at radius 1 is 1.00 bits per heavy atom. The van der Waals surface area contributed by atoms with Gasteiger partial charge in [-0.15, -0.1) is 0 Å². The molecule has 0 bridgehead atoms. The van der Waals surface area contributed by atoms with E-state index in [9.17, 15) is 14.0 Å². The molecule has 0 fully saturated rings. The third-order valence-corrected chi connectivity index (χ3v) is 4.96. The molecule has 3 aromatic rings. The summed E-state index contributed by atoms with van der Waals surface area (Å²) in [4.78, 5) is 29.5. The molecule has 1 N–H and O–H groups in total. The van der Waals surface area contributed by atoms with Crippen molar-refractivity contribution in [2.75, 3.05) is 13.2 Å². The van der Waals surface area contributed by atoms with Crippen molar-refractivity contribution in [1.82, 2.24) is 10.3 Å². The second-order valence-corrected chi connectivity index (χ2v) is 7.14. The first-order chi connectivity index (χ1) is 14.1. The predicted octanol–water partition coefficient (Wildman–Crippen LogP) is 3.89. The minimum Gasteiger partial charge on any atom is -0.452 e. The van der Waals surface area contributed by atoms with Gasteiger partial charge in [0.2, 0.25) is 0 Å². The quantitative estimate of drug-likeness (QED) is 0.571. The summed E-state index contributed by atoms with van der Waals surface area (Å²) in [6, 6.07) is 18.9. The molecule has 0 aliphatic heterocycles. The average Bonchev–Trinajstić information content (AvgIpc) is 2.74. The van der Waals surface area contributed by atoms with Gasteiger partial charge in [-0.2, -0.15) is 0 Å². The number of amides is 1. The van der Waals surface area contributed by atoms with Gasteiger partial charge in [-0.25, -0.2) is 14.2 Å². The van der Waals surface area contributed by atoms with Gasteiger partial charge in [-0.1, -0.05) is 42.1 Å². The summed E-state index contributed by atoms with van der Waals surface area (Å²) >= 11 is 1.35. The summed E-state index contributed by atoms with van der Waals surface area (Å²) in [5.74, 6) is -1.31. The van der Waals surface area contributed by atoms with E-state index < -0.39 is 11.9 Å². The highest BCUT2D eigenvalue weighted by Gasteiger charge is 2.16. The monoisotopic (exact) mass is 410 g/mol. The van der Waals surface area contributed by atoms with Crippen LogP contribution in [0.5, 0.6) is 0 Å². The molecule has 3 rings (SSSR count). The van der Waals surface area contributed by atoms with E-state index in [0.717, 1.165) is 10.5 Å². The Labute approximate surface area is 172 Å². The highest BCUT2D eigenvalue weighted by molar-refractivity contribution is 7.99. The second kappa shape index (κ2) is 10.4. The van der Waals surface area contributed by atoms with Gasteiger partial charge in [-0.05, 0) is 48.4 Å². The number of rotatable bonds is 8. The van der Waals surface area contributed by atoms with Crippen LogP contribution in [0.25, 0.3) is 0 Å². The zero-order chi connectivity index (χ0) is 20.5. The first kappa shape index (κ1) is 20.5. The molecule has 0 atom stereocenters. The largest absolute Gasteiger partial charge is 0.452 e. The van der Waals surface area contributed by atoms with E-state index in [1.165, 1.54) is 23.9 Å². The van der Waals surface area contributed by atoms with Gasteiger partial charge >= 0.3 is 5.97 Å². The fraction of sp³-hybridized carbons (Fsp3) is 0.136. The van der Waals surface area contributed by atoms with Crippen LogP contribution in [0.4, 0.5) is 4.39 Å². The molecule has 1 aromatic heterocycles. The first-order valence-electron chi connectivity index (χ1n) is 8.98. The Morgan fingerprint density at radius 3 is 2.52 bits per heavy atom. The van der Waals surface area contributed by atoms with E-state index in [2.05, 4.69) is 10.3 Å². The summed E-state index contributed by atoms with van der Waals surface area (Å²) < 4.78 is 18.0. The lowest BCUT2D eigenvalue weighted by Crippen LogP contribution is -2.30. The molecule has 5 nitrogen and oxygen atoms in total. The molecule has 0 aliphatic carbocycles. The van der Waals surface area contributed by atoms with Crippen molar-refractivity contribution in [1.29, 1.82) is 0 Å². The van der Waals surface area contributed by atoms with Crippen LogP contribution >= 0.6 is 11.8 Å². The van der Waals surface area contributed by atoms with Crippen molar-refractivity contribution in [2.24, 2.45) is 0 Å². The Morgan fingerprint density at radius 2 is 1.76 bits per heavy atom. The molecule has 0 saturated carbocycles. The van der Waals surface area contributed by atoms with Crippen LogP contribution in [0.3, 0.4) is 0 Å². The summed E-state index contributed by atoms with van der Waals surface area (Å²) in [6.45, 7) is -0.0173. The van der Waals surface area contributed by atoms with E-state index in [4.69, 9.17) is 4.74 Å². The Bertz CT molecular complexity index is 965. The zero-order valence-corrected chi connectivity index (χ0v) is 16.3. The highest BCUT2D eigenvalue weighted by atomic mass is 32.2. The Balaban J connectivity index is 1.49. The lowest BCUT2D eigenvalue weighted by atomic mass is 10.1. The molecule has 7 heteroatoms. The van der Waals surface area contributed by atoms with Crippen LogP contribution in [0.1, 0.15) is 15.9 Å². The predicted molar refractivity (Wildman–Crippen MR) is 108 cm³/mol. The van der Waals surface area contributed by atoms with Gasteiger partial charge in [0.25, 0.3) is 5.91 Å². The zero-order valence-electron chi connectivity index (χ0n) is 15.5. The Hall–Kier alpha value is -3.19. The van der Waals surface area contributed by atoms with Crippen molar-refractivity contribution < 1.29 is 18.7 Å². The highest BCUT2D eigenvalue weighted by Crippen LogP contribution is 2.28. The summed E-state index contributed by atoms with van der Waals surface area (Å²) in [6.07, 6.45) is 2.16. The Kier molecular flexibility index (Phi) is 7.35. The van der Waals surface area contributed by atoms with Gasteiger partial charge < -0.3 is 10.1 Å². The van der Waals surface area contributed by atoms with Crippen LogP contribution in [0, 0.1) is 5.82 Å². The van der Waals surface area contributed by atoms with Crippen molar-refractivity contribution >= 4 is 23.6 Å². The minimum absolute atomic E-state index is 0.301. The van der Waals surface area contributed by atoms with Crippen molar-refractivity contribution in [3.63, 3.8) is 0 Å². The maximum absolute atomic E-state index is 12.9. The number of aromatic nitrogens is 1. The molecule has 0 spiro atoms. The number of ether oxygens (including phenoxy) is 1. The number of benzene rings is 2. The maximum atomic E-state index is 12.9. The lowest BCUT2D eigenvalue weighted by Gasteiger charge is -2.09. The van der Waals surface area contributed by atoms with Crippen LogP contribution < -0.4 is 5.32 Å². The fourth-order valence-electron chi connectivity index (χ4n) is 2.48. The van der Waals surface area contributed by atoms with Gasteiger partial charge in [-0.3, -0.25) is 4.79 Å². The molecular formula is C22H19FN2O3S. The number of halogens is 1. The van der Waals surface area contributed by atoms with Crippen LogP contribution in [0.2, 0.25) is 0 Å². The van der Waals surface area contributed by atoms with Crippen LogP contribution in [-0.4, -0.2) is 30.0 Å². The van der Waals surface area contributed by atoms with Gasteiger partial charge in [0.15, 0.2) is 6.61 Å². The van der Waals surface area contributed by atoms with Crippen molar-refractivity contribution in [3.05, 3.63) is 89.9 Å². The average molecular weight is 410 g/mol. The number of carbonyl (C=O) groups is 2. The van der Waals surface area contributed by atoms with Crippen LogP contribution in [0.15, 0.2) is 82.8 Å². The number of pyridine rings is 1.